The number of H-pyrrole nitrogens is 1. The monoisotopic (exact) mass is 335 g/mol. The van der Waals surface area contributed by atoms with Crippen molar-refractivity contribution in [2.24, 2.45) is 0 Å². The van der Waals surface area contributed by atoms with E-state index in [0.29, 0.717) is 0 Å². The van der Waals surface area contributed by atoms with Gasteiger partial charge in [0.2, 0.25) is 11.8 Å². The molecule has 0 saturated carbocycles. The number of aromatic amines is 1. The smallest absolute Gasteiger partial charge is 0.243 e. The average molecular weight is 335 g/mol. The van der Waals surface area contributed by atoms with Crippen LogP contribution in [0.2, 0.25) is 0 Å². The number of carbonyl (C=O) groups is 2. The van der Waals surface area contributed by atoms with Crippen LogP contribution in [0.5, 0.6) is 0 Å². The third-order valence-corrected chi connectivity index (χ3v) is 4.35. The molecule has 0 spiro atoms. The zero-order chi connectivity index (χ0) is 17.8. The van der Waals surface area contributed by atoms with Crippen LogP contribution in [-0.2, 0) is 16.0 Å². The van der Waals surface area contributed by atoms with Crippen LogP contribution >= 0.6 is 0 Å². The standard InChI is InChI=1S/C20H21N3O2/c1-13-6-5-9-17(14(13)2)23-20(25)12-22-19(24)10-15-11-21-18-8-4-3-7-16(15)18/h3-9,11,21H,10,12H2,1-2H3,(H,22,24)(H,23,25). The van der Waals surface area contributed by atoms with Gasteiger partial charge in [-0.05, 0) is 42.7 Å². The highest BCUT2D eigenvalue weighted by atomic mass is 16.2. The van der Waals surface area contributed by atoms with E-state index in [2.05, 4.69) is 15.6 Å². The highest BCUT2D eigenvalue weighted by Crippen LogP contribution is 2.18. The van der Waals surface area contributed by atoms with Gasteiger partial charge in [-0.1, -0.05) is 30.3 Å². The van der Waals surface area contributed by atoms with Gasteiger partial charge in [0.05, 0.1) is 13.0 Å². The first kappa shape index (κ1) is 16.8. The quantitative estimate of drug-likeness (QED) is 0.670. The molecule has 0 radical (unpaired) electrons. The number of aryl methyl sites for hydroxylation is 1. The summed E-state index contributed by atoms with van der Waals surface area (Å²) in [5.74, 6) is -0.415. The summed E-state index contributed by atoms with van der Waals surface area (Å²) >= 11 is 0. The molecule has 2 aromatic carbocycles. The Hall–Kier alpha value is -3.08. The lowest BCUT2D eigenvalue weighted by molar-refractivity contribution is -0.123. The topological polar surface area (TPSA) is 74.0 Å². The predicted molar refractivity (Wildman–Crippen MR) is 99.6 cm³/mol. The largest absolute Gasteiger partial charge is 0.361 e. The minimum atomic E-state index is -0.235. The van der Waals surface area contributed by atoms with Gasteiger partial charge >= 0.3 is 0 Å². The van der Waals surface area contributed by atoms with Crippen molar-refractivity contribution in [3.05, 3.63) is 65.4 Å². The van der Waals surface area contributed by atoms with Gasteiger partial charge < -0.3 is 15.6 Å². The molecule has 0 aliphatic carbocycles. The molecule has 5 nitrogen and oxygen atoms in total. The first-order valence-electron chi connectivity index (χ1n) is 8.22. The summed E-state index contributed by atoms with van der Waals surface area (Å²) in [6.45, 7) is 3.91. The predicted octanol–water partition coefficient (Wildman–Crippen LogP) is 3.08. The molecule has 0 fully saturated rings. The van der Waals surface area contributed by atoms with Crippen LogP contribution in [-0.4, -0.2) is 23.3 Å². The number of rotatable bonds is 5. The van der Waals surface area contributed by atoms with E-state index in [4.69, 9.17) is 0 Å². The van der Waals surface area contributed by atoms with Gasteiger partial charge in [0, 0.05) is 22.8 Å². The lowest BCUT2D eigenvalue weighted by Crippen LogP contribution is -2.33. The fraction of sp³-hybridized carbons (Fsp3) is 0.200. The second kappa shape index (κ2) is 7.21. The summed E-state index contributed by atoms with van der Waals surface area (Å²) in [7, 11) is 0. The molecule has 0 atom stereocenters. The third kappa shape index (κ3) is 3.88. The number of nitrogens with one attached hydrogen (secondary N) is 3. The van der Waals surface area contributed by atoms with E-state index in [-0.39, 0.29) is 24.8 Å². The Morgan fingerprint density at radius 1 is 1.00 bits per heavy atom. The molecular weight excluding hydrogens is 314 g/mol. The third-order valence-electron chi connectivity index (χ3n) is 4.35. The first-order valence-corrected chi connectivity index (χ1v) is 8.22. The van der Waals surface area contributed by atoms with Crippen LogP contribution in [0.1, 0.15) is 16.7 Å². The summed E-state index contributed by atoms with van der Waals surface area (Å²) in [6.07, 6.45) is 2.07. The van der Waals surface area contributed by atoms with Crippen LogP contribution in [0, 0.1) is 13.8 Å². The van der Waals surface area contributed by atoms with E-state index in [1.165, 1.54) is 0 Å². The minimum Gasteiger partial charge on any atom is -0.361 e. The molecule has 5 heteroatoms. The van der Waals surface area contributed by atoms with Crippen LogP contribution in [0.3, 0.4) is 0 Å². The van der Waals surface area contributed by atoms with Crippen LogP contribution in [0.4, 0.5) is 5.69 Å². The minimum absolute atomic E-state index is 0.0471. The molecular formula is C20H21N3O2. The van der Waals surface area contributed by atoms with Gasteiger partial charge in [-0.15, -0.1) is 0 Å². The molecule has 0 saturated heterocycles. The van der Waals surface area contributed by atoms with E-state index >= 15 is 0 Å². The second-order valence-electron chi connectivity index (χ2n) is 6.11. The molecule has 0 aliphatic heterocycles. The normalized spacial score (nSPS) is 10.6. The second-order valence-corrected chi connectivity index (χ2v) is 6.11. The lowest BCUT2D eigenvalue weighted by Gasteiger charge is -2.11. The Kier molecular flexibility index (Phi) is 4.84. The number of fused-ring (bicyclic) bond motifs is 1. The zero-order valence-corrected chi connectivity index (χ0v) is 14.3. The summed E-state index contributed by atoms with van der Waals surface area (Å²) in [4.78, 5) is 27.3. The van der Waals surface area contributed by atoms with E-state index in [9.17, 15) is 9.59 Å². The highest BCUT2D eigenvalue weighted by molar-refractivity contribution is 5.96. The van der Waals surface area contributed by atoms with Gasteiger partial charge in [0.1, 0.15) is 0 Å². The fourth-order valence-electron chi connectivity index (χ4n) is 2.77. The number of carbonyl (C=O) groups excluding carboxylic acids is 2. The number of benzene rings is 2. The number of aromatic nitrogens is 1. The van der Waals surface area contributed by atoms with Gasteiger partial charge in [0.25, 0.3) is 0 Å². The van der Waals surface area contributed by atoms with Crippen LogP contribution in [0.15, 0.2) is 48.7 Å². The van der Waals surface area contributed by atoms with Gasteiger partial charge in [-0.25, -0.2) is 0 Å². The summed E-state index contributed by atoms with van der Waals surface area (Å²) in [6, 6.07) is 13.6. The number of anilines is 1. The number of amides is 2. The van der Waals surface area contributed by atoms with E-state index in [0.717, 1.165) is 33.3 Å². The fourth-order valence-corrected chi connectivity index (χ4v) is 2.77. The van der Waals surface area contributed by atoms with Crippen molar-refractivity contribution in [3.8, 4) is 0 Å². The number of hydrogen-bond donors (Lipinski definition) is 3. The SMILES string of the molecule is Cc1cccc(NC(=O)CNC(=O)Cc2c[nH]c3ccccc23)c1C. The van der Waals surface area contributed by atoms with E-state index < -0.39 is 0 Å². The molecule has 0 unspecified atom stereocenters. The molecule has 3 aromatic rings. The van der Waals surface area contributed by atoms with Crippen LogP contribution in [0.25, 0.3) is 10.9 Å². The van der Waals surface area contributed by atoms with Gasteiger partial charge in [0.15, 0.2) is 0 Å². The van der Waals surface area contributed by atoms with E-state index in [1.54, 1.807) is 0 Å². The summed E-state index contributed by atoms with van der Waals surface area (Å²) in [5, 5.41) is 6.54. The van der Waals surface area contributed by atoms with Crippen LogP contribution < -0.4 is 10.6 Å². The van der Waals surface area contributed by atoms with Crippen molar-refractivity contribution in [2.75, 3.05) is 11.9 Å². The Morgan fingerprint density at radius 2 is 1.80 bits per heavy atom. The van der Waals surface area contributed by atoms with Crippen molar-refractivity contribution >= 4 is 28.4 Å². The summed E-state index contributed by atoms with van der Waals surface area (Å²) in [5.41, 5.74) is 4.83. The Balaban J connectivity index is 1.55. The first-order chi connectivity index (χ1) is 12.0. The highest BCUT2D eigenvalue weighted by Gasteiger charge is 2.11. The number of para-hydroxylation sites is 1. The molecule has 3 rings (SSSR count). The maximum Gasteiger partial charge on any atom is 0.243 e. The summed E-state index contributed by atoms with van der Waals surface area (Å²) < 4.78 is 0. The Morgan fingerprint density at radius 3 is 2.64 bits per heavy atom. The van der Waals surface area contributed by atoms with Crippen molar-refractivity contribution < 1.29 is 9.59 Å². The molecule has 1 heterocycles. The Bertz CT molecular complexity index is 928. The maximum atomic E-state index is 12.1. The van der Waals surface area contributed by atoms with Gasteiger partial charge in [-0.2, -0.15) is 0 Å². The van der Waals surface area contributed by atoms with Crippen molar-refractivity contribution in [3.63, 3.8) is 0 Å². The van der Waals surface area contributed by atoms with E-state index in [1.807, 2.05) is 62.5 Å². The zero-order valence-electron chi connectivity index (χ0n) is 14.3. The molecule has 128 valence electrons. The molecule has 0 aliphatic rings. The molecule has 25 heavy (non-hydrogen) atoms. The van der Waals surface area contributed by atoms with Crippen molar-refractivity contribution in [2.45, 2.75) is 20.3 Å². The molecule has 3 N–H and O–H groups in total. The van der Waals surface area contributed by atoms with Crippen molar-refractivity contribution in [1.29, 1.82) is 0 Å². The maximum absolute atomic E-state index is 12.1. The lowest BCUT2D eigenvalue weighted by atomic mass is 10.1. The Labute approximate surface area is 146 Å². The molecule has 0 bridgehead atoms. The van der Waals surface area contributed by atoms with Crippen molar-refractivity contribution in [1.82, 2.24) is 10.3 Å². The molecule has 2 amide bonds. The average Bonchev–Trinajstić information content (AvgIpc) is 3.00. The molecule has 1 aromatic heterocycles. The van der Waals surface area contributed by atoms with Gasteiger partial charge in [-0.3, -0.25) is 9.59 Å². The number of hydrogen-bond acceptors (Lipinski definition) is 2.